The van der Waals surface area contributed by atoms with Crippen molar-refractivity contribution in [3.05, 3.63) is 173 Å². The number of aliphatic hydroxyl groups excluding tert-OH is 1. The van der Waals surface area contributed by atoms with E-state index in [0.717, 1.165) is 41.9 Å². The van der Waals surface area contributed by atoms with Gasteiger partial charge in [-0.1, -0.05) is 127 Å². The van der Waals surface area contributed by atoms with E-state index in [1.54, 1.807) is 0 Å². The summed E-state index contributed by atoms with van der Waals surface area (Å²) in [4.78, 5) is 15.0. The van der Waals surface area contributed by atoms with Gasteiger partial charge in [-0.3, -0.25) is 4.90 Å². The van der Waals surface area contributed by atoms with Gasteiger partial charge in [-0.15, -0.1) is 0 Å². The van der Waals surface area contributed by atoms with Crippen LogP contribution in [-0.4, -0.2) is 28.7 Å². The molecular weight excluding hydrogens is 586 g/mol. The van der Waals surface area contributed by atoms with Crippen molar-refractivity contribution >= 4 is 11.7 Å². The molecule has 0 bridgehead atoms. The quantitative estimate of drug-likeness (QED) is 0.132. The van der Waals surface area contributed by atoms with Crippen LogP contribution in [0.5, 0.6) is 0 Å². The first kappa shape index (κ1) is 32.2. The minimum absolute atomic E-state index is 0.00123. The van der Waals surface area contributed by atoms with Gasteiger partial charge in [0.05, 0.1) is 18.8 Å². The molecule has 1 heterocycles. The van der Waals surface area contributed by atoms with Gasteiger partial charge in [-0.05, 0) is 39.9 Å². The Balaban J connectivity index is 1.18. The predicted octanol–water partition coefficient (Wildman–Crippen LogP) is 7.75. The third kappa shape index (κ3) is 9.37. The van der Waals surface area contributed by atoms with E-state index in [-0.39, 0.29) is 24.8 Å². The largest absolute Gasteiger partial charge is 0.392 e. The first-order valence-corrected chi connectivity index (χ1v) is 16.1. The number of hydrogen-bond donors (Lipinski definition) is 3. The minimum atomic E-state index is -0.590. The van der Waals surface area contributed by atoms with Gasteiger partial charge >= 0.3 is 6.03 Å². The first-order valence-electron chi connectivity index (χ1n) is 16.1. The Kier molecular flexibility index (Phi) is 11.1. The summed E-state index contributed by atoms with van der Waals surface area (Å²) in [5, 5.41) is 15.4. The molecule has 7 nitrogen and oxygen atoms in total. The summed E-state index contributed by atoms with van der Waals surface area (Å²) in [6.07, 6.45) is -0.197. The normalized spacial score (nSPS) is 17.7. The van der Waals surface area contributed by atoms with E-state index < -0.39 is 6.29 Å². The maximum absolute atomic E-state index is 12.5. The molecule has 6 rings (SSSR count). The molecule has 1 aliphatic heterocycles. The summed E-state index contributed by atoms with van der Waals surface area (Å²) in [5.74, 6) is 0. The lowest BCUT2D eigenvalue weighted by molar-refractivity contribution is -0.253. The Morgan fingerprint density at radius 1 is 0.660 bits per heavy atom. The number of anilines is 1. The standard InChI is InChI=1S/C40H41N3O4/c44-29-33-16-18-34(19-17-33)38-24-37(28-43(26-31-12-6-2-7-13-31)27-32-14-8-3-9-15-32)46-39(47-38)35-20-22-36(23-21-35)42-40(45)41-25-30-10-4-1-5-11-30/h1-23,37-39,44H,24-29H2,(H2,41,42,45). The second-order valence-corrected chi connectivity index (χ2v) is 11.9. The predicted molar refractivity (Wildman–Crippen MR) is 184 cm³/mol. The second kappa shape index (κ2) is 16.2. The Morgan fingerprint density at radius 2 is 1.21 bits per heavy atom. The van der Waals surface area contributed by atoms with Crippen LogP contribution < -0.4 is 10.6 Å². The third-order valence-electron chi connectivity index (χ3n) is 8.31. The summed E-state index contributed by atoms with van der Waals surface area (Å²) in [5.41, 5.74) is 7.00. The number of urea groups is 1. The molecule has 5 aromatic carbocycles. The molecule has 3 atom stereocenters. The smallest absolute Gasteiger partial charge is 0.319 e. The van der Waals surface area contributed by atoms with Gasteiger partial charge in [-0.2, -0.15) is 0 Å². The molecular formula is C40H41N3O4. The number of carbonyl (C=O) groups is 1. The number of nitrogens with one attached hydrogen (secondary N) is 2. The molecule has 3 N–H and O–H groups in total. The van der Waals surface area contributed by atoms with Gasteiger partial charge < -0.3 is 25.2 Å². The van der Waals surface area contributed by atoms with Crippen LogP contribution in [0, 0.1) is 0 Å². The minimum Gasteiger partial charge on any atom is -0.392 e. The van der Waals surface area contributed by atoms with Crippen molar-refractivity contribution in [2.75, 3.05) is 11.9 Å². The van der Waals surface area contributed by atoms with E-state index in [4.69, 9.17) is 9.47 Å². The molecule has 47 heavy (non-hydrogen) atoms. The zero-order valence-electron chi connectivity index (χ0n) is 26.4. The average molecular weight is 628 g/mol. The van der Waals surface area contributed by atoms with Gasteiger partial charge in [0.1, 0.15) is 0 Å². The van der Waals surface area contributed by atoms with Crippen molar-refractivity contribution in [2.45, 2.75) is 51.2 Å². The summed E-state index contributed by atoms with van der Waals surface area (Å²) >= 11 is 0. The molecule has 5 aromatic rings. The molecule has 0 spiro atoms. The highest BCUT2D eigenvalue weighted by atomic mass is 16.7. The van der Waals surface area contributed by atoms with Gasteiger partial charge in [0.25, 0.3) is 0 Å². The summed E-state index contributed by atoms with van der Waals surface area (Å²) < 4.78 is 13.3. The zero-order chi connectivity index (χ0) is 32.3. The van der Waals surface area contributed by atoms with E-state index in [1.165, 1.54) is 11.1 Å². The molecule has 0 radical (unpaired) electrons. The van der Waals surface area contributed by atoms with Crippen LogP contribution in [0.25, 0.3) is 0 Å². The molecule has 2 amide bonds. The fraction of sp³-hybridized carbons (Fsp3) is 0.225. The lowest BCUT2D eigenvalue weighted by Gasteiger charge is -2.38. The number of amides is 2. The van der Waals surface area contributed by atoms with Gasteiger partial charge in [0, 0.05) is 43.9 Å². The molecule has 3 unspecified atom stereocenters. The van der Waals surface area contributed by atoms with Crippen LogP contribution in [0.15, 0.2) is 140 Å². The highest BCUT2D eigenvalue weighted by molar-refractivity contribution is 5.89. The van der Waals surface area contributed by atoms with E-state index >= 15 is 0 Å². The number of hydrogen-bond acceptors (Lipinski definition) is 5. The molecule has 7 heteroatoms. The maximum atomic E-state index is 12.5. The van der Waals surface area contributed by atoms with Gasteiger partial charge in [0.2, 0.25) is 0 Å². The van der Waals surface area contributed by atoms with Gasteiger partial charge in [-0.25, -0.2) is 4.79 Å². The molecule has 1 saturated heterocycles. The second-order valence-electron chi connectivity index (χ2n) is 11.9. The Morgan fingerprint density at radius 3 is 1.79 bits per heavy atom. The highest BCUT2D eigenvalue weighted by Gasteiger charge is 2.33. The molecule has 0 saturated carbocycles. The third-order valence-corrected chi connectivity index (χ3v) is 8.31. The molecule has 1 aliphatic rings. The van der Waals surface area contributed by atoms with Crippen molar-refractivity contribution in [1.82, 2.24) is 10.2 Å². The van der Waals surface area contributed by atoms with Crippen molar-refractivity contribution in [2.24, 2.45) is 0 Å². The topological polar surface area (TPSA) is 83.1 Å². The van der Waals surface area contributed by atoms with Crippen LogP contribution >= 0.6 is 0 Å². The molecule has 240 valence electrons. The number of benzene rings is 5. The van der Waals surface area contributed by atoms with Crippen LogP contribution in [0.4, 0.5) is 10.5 Å². The monoisotopic (exact) mass is 627 g/mol. The van der Waals surface area contributed by atoms with Crippen molar-refractivity contribution in [3.63, 3.8) is 0 Å². The molecule has 0 aromatic heterocycles. The maximum Gasteiger partial charge on any atom is 0.319 e. The SMILES string of the molecule is O=C(NCc1ccccc1)Nc1ccc(C2OC(CN(Cc3ccccc3)Cc3ccccc3)CC(c3ccc(CO)cc3)O2)cc1. The molecule has 0 aliphatic carbocycles. The fourth-order valence-corrected chi connectivity index (χ4v) is 5.87. The Bertz CT molecular complexity index is 1630. The number of aliphatic hydroxyl groups is 1. The number of ether oxygens (including phenoxy) is 2. The zero-order valence-corrected chi connectivity index (χ0v) is 26.4. The van der Waals surface area contributed by atoms with Crippen molar-refractivity contribution < 1.29 is 19.4 Å². The lowest BCUT2D eigenvalue weighted by atomic mass is 9.99. The van der Waals surface area contributed by atoms with E-state index in [0.29, 0.717) is 18.7 Å². The van der Waals surface area contributed by atoms with E-state index in [9.17, 15) is 9.90 Å². The highest BCUT2D eigenvalue weighted by Crippen LogP contribution is 2.38. The average Bonchev–Trinajstić information content (AvgIpc) is 3.12. The Labute approximate surface area is 276 Å². The number of carbonyl (C=O) groups excluding carboxylic acids is 1. The van der Waals surface area contributed by atoms with E-state index in [1.807, 2.05) is 91.0 Å². The van der Waals surface area contributed by atoms with Crippen molar-refractivity contribution in [3.8, 4) is 0 Å². The summed E-state index contributed by atoms with van der Waals surface area (Å²) in [6, 6.07) is 46.2. The van der Waals surface area contributed by atoms with Crippen molar-refractivity contribution in [1.29, 1.82) is 0 Å². The van der Waals surface area contributed by atoms with Gasteiger partial charge in [0.15, 0.2) is 6.29 Å². The lowest BCUT2D eigenvalue weighted by Crippen LogP contribution is -2.39. The summed E-state index contributed by atoms with van der Waals surface area (Å²) in [6.45, 7) is 2.75. The van der Waals surface area contributed by atoms with Crippen LogP contribution in [-0.2, 0) is 35.7 Å². The molecule has 1 fully saturated rings. The number of rotatable bonds is 12. The fourth-order valence-electron chi connectivity index (χ4n) is 5.87. The summed E-state index contributed by atoms with van der Waals surface area (Å²) in [7, 11) is 0. The van der Waals surface area contributed by atoms with Crippen LogP contribution in [0.1, 0.15) is 52.2 Å². The van der Waals surface area contributed by atoms with Crippen LogP contribution in [0.2, 0.25) is 0 Å². The van der Waals surface area contributed by atoms with Crippen LogP contribution in [0.3, 0.4) is 0 Å². The van der Waals surface area contributed by atoms with E-state index in [2.05, 4.69) is 64.1 Å². The number of nitrogens with zero attached hydrogens (tertiary/aromatic N) is 1. The first-order chi connectivity index (χ1) is 23.1. The Hall–Kier alpha value is -4.79.